The van der Waals surface area contributed by atoms with E-state index in [2.05, 4.69) is 21.9 Å². The van der Waals surface area contributed by atoms with E-state index in [4.69, 9.17) is 15.8 Å². The number of rotatable bonds is 3. The molecule has 0 saturated carbocycles. The minimum atomic E-state index is -0.102. The molecule has 6 heterocycles. The van der Waals surface area contributed by atoms with Gasteiger partial charge in [0, 0.05) is 62.0 Å². The van der Waals surface area contributed by atoms with Crippen LogP contribution in [0, 0.1) is 6.92 Å². The van der Waals surface area contributed by atoms with Crippen LogP contribution in [-0.2, 0) is 0 Å². The van der Waals surface area contributed by atoms with Crippen molar-refractivity contribution in [2.24, 2.45) is 5.73 Å². The van der Waals surface area contributed by atoms with Gasteiger partial charge in [0.15, 0.2) is 17.0 Å². The van der Waals surface area contributed by atoms with Crippen LogP contribution in [0.1, 0.15) is 53.5 Å². The Balaban J connectivity index is 1.33. The SMILES string of the molecule is Cc1cn2nc([C@@H]3CCCCN3C(=O)c3cc4ncccn4n3)cc2nc1N1CC[C@H](N)C1. The van der Waals surface area contributed by atoms with Crippen molar-refractivity contribution in [2.75, 3.05) is 24.5 Å². The van der Waals surface area contributed by atoms with Crippen LogP contribution in [0.4, 0.5) is 5.82 Å². The summed E-state index contributed by atoms with van der Waals surface area (Å²) in [7, 11) is 0. The number of aryl methyl sites for hydroxylation is 1. The summed E-state index contributed by atoms with van der Waals surface area (Å²) in [6.45, 7) is 4.48. The maximum Gasteiger partial charge on any atom is 0.275 e. The van der Waals surface area contributed by atoms with Gasteiger partial charge in [0.1, 0.15) is 5.82 Å². The van der Waals surface area contributed by atoms with Gasteiger partial charge in [0.2, 0.25) is 0 Å². The van der Waals surface area contributed by atoms with Crippen LogP contribution in [0.3, 0.4) is 0 Å². The topological polar surface area (TPSA) is 110 Å². The molecule has 6 rings (SSSR count). The number of likely N-dealkylation sites (tertiary alicyclic amines) is 1. The van der Waals surface area contributed by atoms with Crippen molar-refractivity contribution in [3.8, 4) is 0 Å². The molecular weight excluding hydrogens is 418 g/mol. The Kier molecular flexibility index (Phi) is 4.75. The highest BCUT2D eigenvalue weighted by atomic mass is 16.2. The van der Waals surface area contributed by atoms with E-state index < -0.39 is 0 Å². The molecule has 0 radical (unpaired) electrons. The maximum absolute atomic E-state index is 13.4. The summed E-state index contributed by atoms with van der Waals surface area (Å²) in [4.78, 5) is 26.8. The third kappa shape index (κ3) is 3.50. The predicted molar refractivity (Wildman–Crippen MR) is 123 cm³/mol. The molecule has 10 heteroatoms. The number of anilines is 1. The summed E-state index contributed by atoms with van der Waals surface area (Å²) >= 11 is 0. The minimum absolute atomic E-state index is 0.0851. The molecule has 2 aliphatic heterocycles. The van der Waals surface area contributed by atoms with Crippen LogP contribution in [0.15, 0.2) is 36.8 Å². The average molecular weight is 446 g/mol. The fourth-order valence-electron chi connectivity index (χ4n) is 5.05. The van der Waals surface area contributed by atoms with Gasteiger partial charge in [-0.25, -0.2) is 19.0 Å². The fraction of sp³-hybridized carbons (Fsp3) is 0.435. The highest BCUT2D eigenvalue weighted by molar-refractivity contribution is 5.93. The van der Waals surface area contributed by atoms with E-state index in [0.717, 1.165) is 61.5 Å². The van der Waals surface area contributed by atoms with Gasteiger partial charge in [-0.3, -0.25) is 4.79 Å². The molecule has 0 unspecified atom stereocenters. The summed E-state index contributed by atoms with van der Waals surface area (Å²) in [5.41, 5.74) is 9.91. The molecule has 1 amide bonds. The van der Waals surface area contributed by atoms with E-state index in [1.165, 1.54) is 0 Å². The number of hydrogen-bond acceptors (Lipinski definition) is 7. The number of carbonyl (C=O) groups is 1. The smallest absolute Gasteiger partial charge is 0.275 e. The number of piperidine rings is 1. The first-order valence-electron chi connectivity index (χ1n) is 11.6. The monoisotopic (exact) mass is 445 g/mol. The van der Waals surface area contributed by atoms with Crippen molar-refractivity contribution >= 4 is 23.0 Å². The van der Waals surface area contributed by atoms with E-state index in [1.54, 1.807) is 29.0 Å². The van der Waals surface area contributed by atoms with Crippen molar-refractivity contribution in [3.05, 3.63) is 53.7 Å². The molecule has 170 valence electrons. The van der Waals surface area contributed by atoms with Gasteiger partial charge < -0.3 is 15.5 Å². The Labute approximate surface area is 191 Å². The van der Waals surface area contributed by atoms with Gasteiger partial charge in [0.25, 0.3) is 5.91 Å². The molecule has 2 fully saturated rings. The van der Waals surface area contributed by atoms with Crippen molar-refractivity contribution in [2.45, 2.75) is 44.7 Å². The van der Waals surface area contributed by atoms with Gasteiger partial charge >= 0.3 is 0 Å². The third-order valence-electron chi connectivity index (χ3n) is 6.71. The van der Waals surface area contributed by atoms with Gasteiger partial charge in [-0.05, 0) is 38.7 Å². The quantitative estimate of drug-likeness (QED) is 0.513. The molecule has 0 aromatic carbocycles. The van der Waals surface area contributed by atoms with Crippen molar-refractivity contribution in [1.82, 2.24) is 34.1 Å². The van der Waals surface area contributed by atoms with E-state index in [1.807, 2.05) is 21.7 Å². The summed E-state index contributed by atoms with van der Waals surface area (Å²) in [5.74, 6) is 0.883. The second-order valence-corrected chi connectivity index (χ2v) is 9.08. The highest BCUT2D eigenvalue weighted by Crippen LogP contribution is 2.32. The molecular formula is C23H27N9O. The number of nitrogens with two attached hydrogens (primary N) is 1. The molecule has 2 saturated heterocycles. The summed E-state index contributed by atoms with van der Waals surface area (Å²) < 4.78 is 3.46. The lowest BCUT2D eigenvalue weighted by molar-refractivity contribution is 0.0599. The zero-order chi connectivity index (χ0) is 22.5. The summed E-state index contributed by atoms with van der Waals surface area (Å²) in [6.07, 6.45) is 9.39. The summed E-state index contributed by atoms with van der Waals surface area (Å²) in [6, 6.07) is 5.65. The number of fused-ring (bicyclic) bond motifs is 2. The lowest BCUT2D eigenvalue weighted by Gasteiger charge is -2.34. The number of amides is 1. The van der Waals surface area contributed by atoms with Crippen molar-refractivity contribution in [3.63, 3.8) is 0 Å². The fourth-order valence-corrected chi connectivity index (χ4v) is 5.05. The molecule has 10 nitrogen and oxygen atoms in total. The van der Waals surface area contributed by atoms with E-state index in [0.29, 0.717) is 17.9 Å². The first-order valence-corrected chi connectivity index (χ1v) is 11.6. The molecule has 0 bridgehead atoms. The Bertz CT molecular complexity index is 1310. The molecule has 4 aromatic rings. The van der Waals surface area contributed by atoms with Gasteiger partial charge in [-0.2, -0.15) is 10.2 Å². The van der Waals surface area contributed by atoms with E-state index in [-0.39, 0.29) is 18.0 Å². The largest absolute Gasteiger partial charge is 0.355 e. The Morgan fingerprint density at radius 2 is 2.00 bits per heavy atom. The second kappa shape index (κ2) is 7.80. The van der Waals surface area contributed by atoms with Gasteiger partial charge in [0.05, 0.1) is 11.7 Å². The Morgan fingerprint density at radius 3 is 2.82 bits per heavy atom. The zero-order valence-electron chi connectivity index (χ0n) is 18.6. The van der Waals surface area contributed by atoms with Gasteiger partial charge in [-0.1, -0.05) is 0 Å². The molecule has 4 aromatic heterocycles. The van der Waals surface area contributed by atoms with Crippen LogP contribution in [0.2, 0.25) is 0 Å². The van der Waals surface area contributed by atoms with Crippen LogP contribution >= 0.6 is 0 Å². The Hall–Kier alpha value is -3.53. The molecule has 33 heavy (non-hydrogen) atoms. The maximum atomic E-state index is 13.4. The normalized spacial score (nSPS) is 21.4. The zero-order valence-corrected chi connectivity index (χ0v) is 18.6. The van der Waals surface area contributed by atoms with E-state index in [9.17, 15) is 4.79 Å². The van der Waals surface area contributed by atoms with E-state index >= 15 is 0 Å². The van der Waals surface area contributed by atoms with Crippen molar-refractivity contribution < 1.29 is 4.79 Å². The van der Waals surface area contributed by atoms with Crippen LogP contribution in [-0.4, -0.2) is 65.7 Å². The van der Waals surface area contributed by atoms with Crippen LogP contribution in [0.25, 0.3) is 11.3 Å². The number of carbonyl (C=O) groups excluding carboxylic acids is 1. The first-order chi connectivity index (χ1) is 16.1. The highest BCUT2D eigenvalue weighted by Gasteiger charge is 2.32. The second-order valence-electron chi connectivity index (χ2n) is 9.08. The molecule has 2 atom stereocenters. The number of nitrogens with zero attached hydrogens (tertiary/aromatic N) is 8. The Morgan fingerprint density at radius 1 is 1.09 bits per heavy atom. The van der Waals surface area contributed by atoms with Gasteiger partial charge in [-0.15, -0.1) is 0 Å². The minimum Gasteiger partial charge on any atom is -0.355 e. The average Bonchev–Trinajstić information content (AvgIpc) is 3.55. The standard InChI is InChI=1S/C23H27N9O/c1-15-13-32-21(26-22(15)29-10-6-16(24)14-29)11-17(27-32)19-5-2-3-8-30(19)23(33)18-12-20-25-7-4-9-31(20)28-18/h4,7,9,11-13,16,19H,2-3,5-6,8,10,14,24H2,1H3/t16-,19-/m0/s1. The van der Waals surface area contributed by atoms with Crippen LogP contribution < -0.4 is 10.6 Å². The molecule has 2 aliphatic rings. The number of aromatic nitrogens is 6. The summed E-state index contributed by atoms with van der Waals surface area (Å²) in [5, 5.41) is 9.27. The van der Waals surface area contributed by atoms with Crippen molar-refractivity contribution in [1.29, 1.82) is 0 Å². The molecule has 0 aliphatic carbocycles. The number of hydrogen-bond donors (Lipinski definition) is 1. The lowest BCUT2D eigenvalue weighted by atomic mass is 9.99. The lowest BCUT2D eigenvalue weighted by Crippen LogP contribution is -2.39. The van der Waals surface area contributed by atoms with Crippen LogP contribution in [0.5, 0.6) is 0 Å². The molecule has 2 N–H and O–H groups in total. The first kappa shape index (κ1) is 20.1. The molecule has 0 spiro atoms. The third-order valence-corrected chi connectivity index (χ3v) is 6.71. The predicted octanol–water partition coefficient (Wildman–Crippen LogP) is 1.99.